The Labute approximate surface area is 150 Å². The molecule has 1 saturated carbocycles. The van der Waals surface area contributed by atoms with Crippen LogP contribution in [0.5, 0.6) is 0 Å². The number of ether oxygens (including phenoxy) is 1. The van der Waals surface area contributed by atoms with Crippen molar-refractivity contribution < 1.29 is 9.53 Å². The Morgan fingerprint density at radius 2 is 1.76 bits per heavy atom. The van der Waals surface area contributed by atoms with E-state index in [4.69, 9.17) is 4.74 Å². The van der Waals surface area contributed by atoms with Crippen LogP contribution in [0, 0.1) is 0 Å². The van der Waals surface area contributed by atoms with E-state index in [9.17, 15) is 4.79 Å². The maximum Gasteiger partial charge on any atom is 0.331 e. The molecule has 0 amide bonds. The minimum Gasteiger partial charge on any atom is -0.457 e. The van der Waals surface area contributed by atoms with E-state index in [1.807, 2.05) is 26.8 Å². The summed E-state index contributed by atoms with van der Waals surface area (Å²) in [6, 6.07) is 12.9. The number of hydrogen-bond acceptors (Lipinski definition) is 2. The van der Waals surface area contributed by atoms with Crippen LogP contribution in [0.25, 0.3) is 16.8 Å². The number of esters is 1. The van der Waals surface area contributed by atoms with Gasteiger partial charge in [0.05, 0.1) is 0 Å². The molecule has 2 nitrogen and oxygen atoms in total. The lowest BCUT2D eigenvalue weighted by Gasteiger charge is -2.24. The highest BCUT2D eigenvalue weighted by Crippen LogP contribution is 2.37. The van der Waals surface area contributed by atoms with E-state index in [-0.39, 0.29) is 5.97 Å². The van der Waals surface area contributed by atoms with Gasteiger partial charge in [-0.15, -0.1) is 0 Å². The third-order valence-corrected chi connectivity index (χ3v) is 4.84. The average Bonchev–Trinajstić information content (AvgIpc) is 2.59. The van der Waals surface area contributed by atoms with Gasteiger partial charge >= 0.3 is 5.97 Å². The standard InChI is InChI=1S/C23H28O2/c1-23(2,3)25-22(24)16-15-21-19-12-8-7-11-18(19)13-14-20(21)17-9-5-4-6-10-17/h7-8,11-17H,4-6,9-10H2,1-3H3/b16-15+. The van der Waals surface area contributed by atoms with Crippen LogP contribution in [0.2, 0.25) is 0 Å². The van der Waals surface area contributed by atoms with Gasteiger partial charge in [-0.1, -0.05) is 55.7 Å². The predicted octanol–water partition coefficient (Wildman–Crippen LogP) is 6.24. The highest BCUT2D eigenvalue weighted by Gasteiger charge is 2.19. The van der Waals surface area contributed by atoms with E-state index in [0.717, 1.165) is 0 Å². The molecule has 2 aromatic carbocycles. The molecule has 0 bridgehead atoms. The van der Waals surface area contributed by atoms with Crippen molar-refractivity contribution in [2.45, 2.75) is 64.4 Å². The molecule has 1 aliphatic carbocycles. The van der Waals surface area contributed by atoms with Crippen molar-refractivity contribution in [1.82, 2.24) is 0 Å². The van der Waals surface area contributed by atoms with Gasteiger partial charge in [-0.2, -0.15) is 0 Å². The smallest absolute Gasteiger partial charge is 0.331 e. The number of carbonyl (C=O) groups excluding carboxylic acids is 1. The van der Waals surface area contributed by atoms with Crippen molar-refractivity contribution in [1.29, 1.82) is 0 Å². The van der Waals surface area contributed by atoms with Gasteiger partial charge in [0.25, 0.3) is 0 Å². The minimum absolute atomic E-state index is 0.282. The van der Waals surface area contributed by atoms with Crippen LogP contribution in [-0.2, 0) is 9.53 Å². The molecule has 0 radical (unpaired) electrons. The topological polar surface area (TPSA) is 26.3 Å². The van der Waals surface area contributed by atoms with Gasteiger partial charge in [0.1, 0.15) is 5.60 Å². The first-order valence-corrected chi connectivity index (χ1v) is 9.37. The Bertz CT molecular complexity index is 774. The number of fused-ring (bicyclic) bond motifs is 1. The normalized spacial score (nSPS) is 16.4. The van der Waals surface area contributed by atoms with Gasteiger partial charge < -0.3 is 4.74 Å². The largest absolute Gasteiger partial charge is 0.457 e. The Morgan fingerprint density at radius 1 is 1.04 bits per heavy atom. The van der Waals surface area contributed by atoms with Crippen LogP contribution < -0.4 is 0 Å². The lowest BCUT2D eigenvalue weighted by atomic mass is 9.81. The molecule has 0 saturated heterocycles. The van der Waals surface area contributed by atoms with Crippen molar-refractivity contribution in [3.8, 4) is 0 Å². The molecule has 0 heterocycles. The molecule has 2 aromatic rings. The molecule has 25 heavy (non-hydrogen) atoms. The quantitative estimate of drug-likeness (QED) is 0.489. The van der Waals surface area contributed by atoms with Crippen LogP contribution in [0.1, 0.15) is 69.9 Å². The number of benzene rings is 2. The predicted molar refractivity (Wildman–Crippen MR) is 105 cm³/mol. The van der Waals surface area contributed by atoms with E-state index in [0.29, 0.717) is 5.92 Å². The summed E-state index contributed by atoms with van der Waals surface area (Å²) in [5.74, 6) is 0.312. The second kappa shape index (κ2) is 7.43. The summed E-state index contributed by atoms with van der Waals surface area (Å²) >= 11 is 0. The maximum absolute atomic E-state index is 12.1. The van der Waals surface area contributed by atoms with E-state index in [1.165, 1.54) is 54.0 Å². The van der Waals surface area contributed by atoms with Gasteiger partial charge in [0.2, 0.25) is 0 Å². The van der Waals surface area contributed by atoms with Crippen LogP contribution in [-0.4, -0.2) is 11.6 Å². The third kappa shape index (κ3) is 4.50. The fourth-order valence-corrected chi connectivity index (χ4v) is 3.76. The first-order chi connectivity index (χ1) is 11.9. The summed E-state index contributed by atoms with van der Waals surface area (Å²) in [5, 5.41) is 2.43. The highest BCUT2D eigenvalue weighted by molar-refractivity contribution is 5.96. The van der Waals surface area contributed by atoms with Crippen LogP contribution in [0.3, 0.4) is 0 Å². The van der Waals surface area contributed by atoms with E-state index in [1.54, 1.807) is 6.08 Å². The Morgan fingerprint density at radius 3 is 2.48 bits per heavy atom. The fourth-order valence-electron chi connectivity index (χ4n) is 3.76. The monoisotopic (exact) mass is 336 g/mol. The molecule has 3 rings (SSSR count). The highest BCUT2D eigenvalue weighted by atomic mass is 16.6. The Kier molecular flexibility index (Phi) is 5.27. The number of rotatable bonds is 3. The molecular weight excluding hydrogens is 308 g/mol. The maximum atomic E-state index is 12.1. The van der Waals surface area contributed by atoms with Crippen molar-refractivity contribution in [2.75, 3.05) is 0 Å². The molecule has 0 aromatic heterocycles. The zero-order valence-electron chi connectivity index (χ0n) is 15.5. The molecule has 1 aliphatic rings. The van der Waals surface area contributed by atoms with Gasteiger partial charge in [0, 0.05) is 6.08 Å². The van der Waals surface area contributed by atoms with Crippen LogP contribution in [0.15, 0.2) is 42.5 Å². The molecule has 0 atom stereocenters. The zero-order chi connectivity index (χ0) is 17.9. The molecule has 0 spiro atoms. The lowest BCUT2D eigenvalue weighted by molar-refractivity contribution is -0.148. The zero-order valence-corrected chi connectivity index (χ0v) is 15.5. The summed E-state index contributed by atoms with van der Waals surface area (Å²) in [5.41, 5.74) is 2.08. The van der Waals surface area contributed by atoms with E-state index in [2.05, 4.69) is 36.4 Å². The molecule has 0 N–H and O–H groups in total. The molecule has 1 fully saturated rings. The molecular formula is C23H28O2. The summed E-state index contributed by atoms with van der Waals surface area (Å²) in [6.07, 6.45) is 9.96. The minimum atomic E-state index is -0.466. The molecule has 2 heteroatoms. The van der Waals surface area contributed by atoms with E-state index >= 15 is 0 Å². The number of carbonyl (C=O) groups is 1. The number of hydrogen-bond donors (Lipinski definition) is 0. The second-order valence-electron chi connectivity index (χ2n) is 7.99. The van der Waals surface area contributed by atoms with Crippen molar-refractivity contribution in [2.24, 2.45) is 0 Å². The summed E-state index contributed by atoms with van der Waals surface area (Å²) in [4.78, 5) is 12.1. The lowest BCUT2D eigenvalue weighted by Crippen LogP contribution is -2.22. The first kappa shape index (κ1) is 17.7. The second-order valence-corrected chi connectivity index (χ2v) is 7.99. The van der Waals surface area contributed by atoms with Gasteiger partial charge in [-0.25, -0.2) is 4.79 Å². The van der Waals surface area contributed by atoms with Crippen molar-refractivity contribution in [3.63, 3.8) is 0 Å². The van der Waals surface area contributed by atoms with Gasteiger partial charge in [-0.05, 0) is 67.5 Å². The first-order valence-electron chi connectivity index (χ1n) is 9.37. The summed E-state index contributed by atoms with van der Waals surface area (Å²) in [7, 11) is 0. The van der Waals surface area contributed by atoms with Crippen LogP contribution >= 0.6 is 0 Å². The van der Waals surface area contributed by atoms with Crippen molar-refractivity contribution in [3.05, 3.63) is 53.6 Å². The fraction of sp³-hybridized carbons (Fsp3) is 0.435. The molecule has 0 unspecified atom stereocenters. The summed E-state index contributed by atoms with van der Waals surface area (Å²) in [6.45, 7) is 5.68. The van der Waals surface area contributed by atoms with Crippen LogP contribution in [0.4, 0.5) is 0 Å². The summed E-state index contributed by atoms with van der Waals surface area (Å²) < 4.78 is 5.43. The average molecular weight is 336 g/mol. The molecule has 0 aliphatic heterocycles. The Hall–Kier alpha value is -2.09. The SMILES string of the molecule is CC(C)(C)OC(=O)/C=C/c1c(C2CCCCC2)ccc2ccccc12. The Balaban J connectivity index is 1.99. The van der Waals surface area contributed by atoms with Gasteiger partial charge in [-0.3, -0.25) is 0 Å². The van der Waals surface area contributed by atoms with Gasteiger partial charge in [0.15, 0.2) is 0 Å². The van der Waals surface area contributed by atoms with Crippen molar-refractivity contribution >= 4 is 22.8 Å². The molecule has 132 valence electrons. The van der Waals surface area contributed by atoms with E-state index < -0.39 is 5.60 Å². The third-order valence-electron chi connectivity index (χ3n) is 4.84.